The molecule has 3 heterocycles. The lowest BCUT2D eigenvalue weighted by atomic mass is 9.77. The molecular formula is C17H23NO4. The maximum absolute atomic E-state index is 13.0. The van der Waals surface area contributed by atoms with Gasteiger partial charge in [0.05, 0.1) is 24.7 Å². The third kappa shape index (κ3) is 1.87. The van der Waals surface area contributed by atoms with Crippen LogP contribution in [0.25, 0.3) is 0 Å². The summed E-state index contributed by atoms with van der Waals surface area (Å²) in [6.07, 6.45) is 7.99. The summed E-state index contributed by atoms with van der Waals surface area (Å²) in [5.74, 6) is -1.08. The average molecular weight is 305 g/mol. The van der Waals surface area contributed by atoms with Gasteiger partial charge in [-0.05, 0) is 26.7 Å². The Balaban J connectivity index is 1.61. The molecule has 5 nitrogen and oxygen atoms in total. The summed E-state index contributed by atoms with van der Waals surface area (Å²) in [6, 6.07) is 0.324. The molecule has 0 unspecified atom stereocenters. The van der Waals surface area contributed by atoms with Crippen molar-refractivity contribution in [3.8, 4) is 0 Å². The Kier molecular flexibility index (Phi) is 3.12. The Morgan fingerprint density at radius 2 is 2.14 bits per heavy atom. The van der Waals surface area contributed by atoms with Crippen molar-refractivity contribution in [2.24, 2.45) is 11.8 Å². The molecule has 2 bridgehead atoms. The number of likely N-dealkylation sites (tertiary alicyclic amines) is 1. The maximum atomic E-state index is 13.0. The number of hydrogen-bond acceptors (Lipinski definition) is 4. The Morgan fingerprint density at radius 1 is 1.41 bits per heavy atom. The Labute approximate surface area is 130 Å². The highest BCUT2D eigenvalue weighted by Crippen LogP contribution is 2.53. The van der Waals surface area contributed by atoms with Gasteiger partial charge in [0.1, 0.15) is 11.5 Å². The molecule has 2 saturated heterocycles. The van der Waals surface area contributed by atoms with Gasteiger partial charge < -0.3 is 14.4 Å². The minimum Gasteiger partial charge on any atom is -0.463 e. The summed E-state index contributed by atoms with van der Waals surface area (Å²) >= 11 is 0. The van der Waals surface area contributed by atoms with Crippen LogP contribution in [0.1, 0.15) is 39.5 Å². The highest BCUT2D eigenvalue weighted by molar-refractivity contribution is 5.91. The second kappa shape index (κ2) is 4.82. The largest absolute Gasteiger partial charge is 0.463 e. The van der Waals surface area contributed by atoms with Crippen LogP contribution in [-0.4, -0.2) is 47.2 Å². The summed E-state index contributed by atoms with van der Waals surface area (Å²) in [4.78, 5) is 27.4. The first kappa shape index (κ1) is 14.2. The van der Waals surface area contributed by atoms with Crippen molar-refractivity contribution in [3.05, 3.63) is 12.2 Å². The van der Waals surface area contributed by atoms with Crippen LogP contribution in [0, 0.1) is 11.8 Å². The van der Waals surface area contributed by atoms with Gasteiger partial charge in [-0.15, -0.1) is 0 Å². The molecule has 0 aromatic carbocycles. The van der Waals surface area contributed by atoms with Crippen LogP contribution in [0.4, 0.5) is 0 Å². The molecule has 3 aliphatic heterocycles. The standard InChI is InChI=1S/C17H23NO4/c1-10(2)21-16(20)13-12-7-8-17(22-12)9-18(15(19)14(13)17)11-5-3-4-6-11/h7-8,10-14H,3-6,9H2,1-2H3/t12-,13+,14+,17-/m1/s1. The van der Waals surface area contributed by atoms with E-state index >= 15 is 0 Å². The van der Waals surface area contributed by atoms with Gasteiger partial charge >= 0.3 is 5.97 Å². The van der Waals surface area contributed by atoms with E-state index < -0.39 is 17.4 Å². The molecule has 1 amide bonds. The summed E-state index contributed by atoms with van der Waals surface area (Å²) in [7, 11) is 0. The number of ether oxygens (including phenoxy) is 2. The van der Waals surface area contributed by atoms with E-state index in [1.165, 1.54) is 12.8 Å². The number of carbonyl (C=O) groups is 2. The minimum absolute atomic E-state index is 0.0875. The zero-order valence-electron chi connectivity index (χ0n) is 13.2. The van der Waals surface area contributed by atoms with Crippen LogP contribution in [0.2, 0.25) is 0 Å². The van der Waals surface area contributed by atoms with E-state index in [0.29, 0.717) is 12.6 Å². The van der Waals surface area contributed by atoms with Crippen LogP contribution in [0.15, 0.2) is 12.2 Å². The van der Waals surface area contributed by atoms with Gasteiger partial charge in [-0.25, -0.2) is 0 Å². The molecule has 5 heteroatoms. The van der Waals surface area contributed by atoms with Crippen molar-refractivity contribution in [2.45, 2.75) is 63.4 Å². The Morgan fingerprint density at radius 3 is 2.82 bits per heavy atom. The summed E-state index contributed by atoms with van der Waals surface area (Å²) in [5.41, 5.74) is -0.592. The number of rotatable bonds is 3. The summed E-state index contributed by atoms with van der Waals surface area (Å²) in [5, 5.41) is 0. The second-order valence-electron chi connectivity index (χ2n) is 7.29. The third-order valence-electron chi connectivity index (χ3n) is 5.52. The number of amides is 1. The van der Waals surface area contributed by atoms with E-state index in [2.05, 4.69) is 0 Å². The summed E-state index contributed by atoms with van der Waals surface area (Å²) in [6.45, 7) is 4.26. The molecule has 0 N–H and O–H groups in total. The van der Waals surface area contributed by atoms with Gasteiger partial charge in [-0.1, -0.05) is 25.0 Å². The van der Waals surface area contributed by atoms with Gasteiger partial charge in [-0.3, -0.25) is 9.59 Å². The number of fused-ring (bicyclic) bond motifs is 1. The van der Waals surface area contributed by atoms with Gasteiger partial charge in [0.15, 0.2) is 0 Å². The molecular weight excluding hydrogens is 282 g/mol. The number of nitrogens with zero attached hydrogens (tertiary/aromatic N) is 1. The Hall–Kier alpha value is -1.36. The highest BCUT2D eigenvalue weighted by Gasteiger charge is 2.68. The molecule has 120 valence electrons. The van der Waals surface area contributed by atoms with Crippen molar-refractivity contribution >= 4 is 11.9 Å². The van der Waals surface area contributed by atoms with Crippen LogP contribution in [-0.2, 0) is 19.1 Å². The molecule has 22 heavy (non-hydrogen) atoms. The van der Waals surface area contributed by atoms with Crippen molar-refractivity contribution in [1.29, 1.82) is 0 Å². The van der Waals surface area contributed by atoms with Gasteiger partial charge in [0, 0.05) is 6.04 Å². The molecule has 4 aliphatic rings. The lowest BCUT2D eigenvalue weighted by Crippen LogP contribution is -2.41. The smallest absolute Gasteiger partial charge is 0.313 e. The van der Waals surface area contributed by atoms with Crippen LogP contribution in [0.3, 0.4) is 0 Å². The summed E-state index contributed by atoms with van der Waals surface area (Å²) < 4.78 is 11.5. The van der Waals surface area contributed by atoms with E-state index in [-0.39, 0.29) is 24.1 Å². The number of hydrogen-bond donors (Lipinski definition) is 0. The molecule has 3 fully saturated rings. The minimum atomic E-state index is -0.592. The SMILES string of the molecule is CC(C)OC(=O)[C@@H]1[C@H]2C(=O)N(C3CCCC3)C[C@]23C=C[C@H]1O3. The molecule has 0 radical (unpaired) electrons. The zero-order valence-corrected chi connectivity index (χ0v) is 13.2. The van der Waals surface area contributed by atoms with E-state index in [9.17, 15) is 9.59 Å². The van der Waals surface area contributed by atoms with E-state index in [1.54, 1.807) is 0 Å². The van der Waals surface area contributed by atoms with Crippen molar-refractivity contribution in [3.63, 3.8) is 0 Å². The fraction of sp³-hybridized carbons (Fsp3) is 0.765. The first-order valence-corrected chi connectivity index (χ1v) is 8.40. The fourth-order valence-electron chi connectivity index (χ4n) is 4.63. The first-order chi connectivity index (χ1) is 10.5. The van der Waals surface area contributed by atoms with E-state index in [0.717, 1.165) is 12.8 Å². The first-order valence-electron chi connectivity index (χ1n) is 8.40. The molecule has 4 rings (SSSR count). The monoisotopic (exact) mass is 305 g/mol. The molecule has 0 aromatic heterocycles. The predicted octanol–water partition coefficient (Wildman–Crippen LogP) is 1.66. The quantitative estimate of drug-likeness (QED) is 0.588. The van der Waals surface area contributed by atoms with Crippen molar-refractivity contribution in [1.82, 2.24) is 4.90 Å². The topological polar surface area (TPSA) is 55.8 Å². The average Bonchev–Trinajstić information content (AvgIpc) is 3.18. The van der Waals surface area contributed by atoms with E-state index in [4.69, 9.17) is 9.47 Å². The number of esters is 1. The maximum Gasteiger partial charge on any atom is 0.313 e. The van der Waals surface area contributed by atoms with Crippen molar-refractivity contribution in [2.75, 3.05) is 6.54 Å². The normalized spacial score (nSPS) is 40.0. The molecule has 4 atom stereocenters. The number of carbonyl (C=O) groups excluding carboxylic acids is 2. The van der Waals surface area contributed by atoms with Crippen LogP contribution >= 0.6 is 0 Å². The Bertz CT molecular complexity index is 537. The predicted molar refractivity (Wildman–Crippen MR) is 78.9 cm³/mol. The van der Waals surface area contributed by atoms with Gasteiger partial charge in [-0.2, -0.15) is 0 Å². The van der Waals surface area contributed by atoms with Crippen LogP contribution in [0.5, 0.6) is 0 Å². The van der Waals surface area contributed by atoms with Crippen LogP contribution < -0.4 is 0 Å². The molecule has 0 aromatic rings. The lowest BCUT2D eigenvalue weighted by Gasteiger charge is -2.27. The molecule has 1 aliphatic carbocycles. The fourth-order valence-corrected chi connectivity index (χ4v) is 4.63. The lowest BCUT2D eigenvalue weighted by molar-refractivity contribution is -0.157. The second-order valence-corrected chi connectivity index (χ2v) is 7.29. The molecule has 1 saturated carbocycles. The van der Waals surface area contributed by atoms with E-state index in [1.807, 2.05) is 30.9 Å². The third-order valence-corrected chi connectivity index (χ3v) is 5.52. The van der Waals surface area contributed by atoms with Crippen molar-refractivity contribution < 1.29 is 19.1 Å². The van der Waals surface area contributed by atoms with Gasteiger partial charge in [0.25, 0.3) is 0 Å². The molecule has 1 spiro atoms. The van der Waals surface area contributed by atoms with Gasteiger partial charge in [0.2, 0.25) is 5.91 Å². The highest BCUT2D eigenvalue weighted by atomic mass is 16.6. The zero-order chi connectivity index (χ0) is 15.5.